The number of benzene rings is 1. The second kappa shape index (κ2) is 4.50. The van der Waals surface area contributed by atoms with E-state index in [1.807, 2.05) is 17.4 Å². The predicted octanol–water partition coefficient (Wildman–Crippen LogP) is 5.36. The van der Waals surface area contributed by atoms with Gasteiger partial charge in [-0.1, -0.05) is 57.7 Å². The van der Waals surface area contributed by atoms with E-state index in [-0.39, 0.29) is 5.41 Å². The van der Waals surface area contributed by atoms with Crippen molar-refractivity contribution in [2.24, 2.45) is 0 Å². The van der Waals surface area contributed by atoms with Gasteiger partial charge in [0, 0.05) is 9.75 Å². The summed E-state index contributed by atoms with van der Waals surface area (Å²) in [6, 6.07) is 12.9. The van der Waals surface area contributed by atoms with Crippen LogP contribution in [0.25, 0.3) is 16.5 Å². The van der Waals surface area contributed by atoms with Gasteiger partial charge in [0.05, 0.1) is 0 Å². The molecule has 0 aliphatic carbocycles. The van der Waals surface area contributed by atoms with E-state index in [1.165, 1.54) is 20.9 Å². The van der Waals surface area contributed by atoms with Crippen molar-refractivity contribution in [1.82, 2.24) is 0 Å². The summed E-state index contributed by atoms with van der Waals surface area (Å²) in [7, 11) is 0. The summed E-state index contributed by atoms with van der Waals surface area (Å²) in [5, 5.41) is 0. The molecule has 0 unspecified atom stereocenters. The lowest BCUT2D eigenvalue weighted by Crippen LogP contribution is -2.07. The highest BCUT2D eigenvalue weighted by Crippen LogP contribution is 2.36. The minimum Gasteiger partial charge on any atom is -0.140 e. The van der Waals surface area contributed by atoms with Crippen molar-refractivity contribution in [2.75, 3.05) is 0 Å². The summed E-state index contributed by atoms with van der Waals surface area (Å²) in [6.45, 7) is 10.6. The second-order valence-corrected chi connectivity index (χ2v) is 6.29. The molecule has 1 aromatic heterocycles. The van der Waals surface area contributed by atoms with Gasteiger partial charge in [-0.25, -0.2) is 0 Å². The van der Waals surface area contributed by atoms with E-state index >= 15 is 0 Å². The summed E-state index contributed by atoms with van der Waals surface area (Å²) in [5.74, 6) is 0. The molecule has 0 aliphatic rings. The van der Waals surface area contributed by atoms with Gasteiger partial charge in [-0.2, -0.15) is 0 Å². The first-order valence-electron chi connectivity index (χ1n) is 5.84. The molecule has 2 aromatic rings. The van der Waals surface area contributed by atoms with Crippen LogP contribution in [-0.2, 0) is 5.41 Å². The van der Waals surface area contributed by atoms with Crippen LogP contribution in [0.1, 0.15) is 31.2 Å². The molecule has 1 heterocycles. The Balaban J connectivity index is 2.47. The lowest BCUT2D eigenvalue weighted by molar-refractivity contribution is 0.604. The third-order valence-corrected chi connectivity index (χ3v) is 4.34. The molecule has 0 fully saturated rings. The Labute approximate surface area is 108 Å². The Kier molecular flexibility index (Phi) is 3.21. The zero-order valence-electron chi connectivity index (χ0n) is 10.7. The highest BCUT2D eigenvalue weighted by Gasteiger charge is 2.16. The predicted molar refractivity (Wildman–Crippen MR) is 78.5 cm³/mol. The maximum Gasteiger partial charge on any atom is 0.0351 e. The van der Waals surface area contributed by atoms with E-state index < -0.39 is 0 Å². The van der Waals surface area contributed by atoms with Crippen molar-refractivity contribution in [3.05, 3.63) is 53.4 Å². The summed E-state index contributed by atoms with van der Waals surface area (Å²) < 4.78 is 0. The van der Waals surface area contributed by atoms with Gasteiger partial charge in [-0.3, -0.25) is 0 Å². The molecule has 0 aliphatic heterocycles. The van der Waals surface area contributed by atoms with Gasteiger partial charge >= 0.3 is 0 Å². The average Bonchev–Trinajstić information content (AvgIpc) is 2.77. The van der Waals surface area contributed by atoms with Gasteiger partial charge in [-0.05, 0) is 28.7 Å². The van der Waals surface area contributed by atoms with E-state index in [2.05, 4.69) is 63.7 Å². The Hall–Kier alpha value is -1.34. The number of hydrogen-bond acceptors (Lipinski definition) is 1. The van der Waals surface area contributed by atoms with Crippen LogP contribution in [0.3, 0.4) is 0 Å². The summed E-state index contributed by atoms with van der Waals surface area (Å²) in [6.07, 6.45) is 1.92. The molecule has 0 amide bonds. The Morgan fingerprint density at radius 2 is 1.76 bits per heavy atom. The Morgan fingerprint density at radius 3 is 2.35 bits per heavy atom. The molecule has 88 valence electrons. The molecular formula is C16H18S. The lowest BCUT2D eigenvalue weighted by atomic mass is 9.95. The number of hydrogen-bond donors (Lipinski definition) is 0. The number of thiophene rings is 1. The molecule has 0 atom stereocenters. The molecule has 1 heteroatoms. The monoisotopic (exact) mass is 242 g/mol. The van der Waals surface area contributed by atoms with Crippen molar-refractivity contribution in [1.29, 1.82) is 0 Å². The summed E-state index contributed by atoms with van der Waals surface area (Å²) >= 11 is 1.87. The van der Waals surface area contributed by atoms with Gasteiger partial charge < -0.3 is 0 Å². The zero-order valence-corrected chi connectivity index (χ0v) is 11.5. The first-order chi connectivity index (χ1) is 8.02. The molecule has 1 aromatic carbocycles. The Morgan fingerprint density at radius 1 is 1.06 bits per heavy atom. The third kappa shape index (κ3) is 2.50. The van der Waals surface area contributed by atoms with E-state index in [1.54, 1.807) is 0 Å². The highest BCUT2D eigenvalue weighted by molar-refractivity contribution is 7.15. The van der Waals surface area contributed by atoms with Crippen LogP contribution >= 0.6 is 11.3 Å². The molecule has 0 N–H and O–H groups in total. The van der Waals surface area contributed by atoms with E-state index in [4.69, 9.17) is 0 Å². The molecule has 0 spiro atoms. The molecule has 0 saturated heterocycles. The van der Waals surface area contributed by atoms with Gasteiger partial charge in [0.2, 0.25) is 0 Å². The van der Waals surface area contributed by atoms with Gasteiger partial charge in [-0.15, -0.1) is 11.3 Å². The topological polar surface area (TPSA) is 0 Å². The van der Waals surface area contributed by atoms with Crippen LogP contribution in [-0.4, -0.2) is 0 Å². The fourth-order valence-electron chi connectivity index (χ4n) is 1.79. The minimum atomic E-state index is 0.228. The average molecular weight is 242 g/mol. The van der Waals surface area contributed by atoms with Crippen molar-refractivity contribution in [3.63, 3.8) is 0 Å². The highest BCUT2D eigenvalue weighted by atomic mass is 32.1. The van der Waals surface area contributed by atoms with Crippen LogP contribution in [0.2, 0.25) is 0 Å². The molecule has 0 radical (unpaired) electrons. The SMILES string of the molecule is C=Cc1ccccc1-c1ccc(C(C)(C)C)s1. The molecular weight excluding hydrogens is 224 g/mol. The molecule has 2 rings (SSSR count). The van der Waals surface area contributed by atoms with Crippen molar-refractivity contribution in [3.8, 4) is 10.4 Å². The van der Waals surface area contributed by atoms with E-state index in [0.29, 0.717) is 0 Å². The number of rotatable bonds is 2. The van der Waals surface area contributed by atoms with Crippen LogP contribution in [0.4, 0.5) is 0 Å². The van der Waals surface area contributed by atoms with Crippen molar-refractivity contribution in [2.45, 2.75) is 26.2 Å². The standard InChI is InChI=1S/C16H18S/c1-5-12-8-6-7-9-13(12)14-10-11-15(17-14)16(2,3)4/h5-11H,1H2,2-4H3. The normalized spacial score (nSPS) is 11.5. The van der Waals surface area contributed by atoms with Gasteiger partial charge in [0.1, 0.15) is 0 Å². The van der Waals surface area contributed by atoms with Gasteiger partial charge in [0.15, 0.2) is 0 Å². The fourth-order valence-corrected chi connectivity index (χ4v) is 2.90. The van der Waals surface area contributed by atoms with E-state index in [9.17, 15) is 0 Å². The molecule has 0 saturated carbocycles. The zero-order chi connectivity index (χ0) is 12.5. The largest absolute Gasteiger partial charge is 0.140 e. The summed E-state index contributed by atoms with van der Waals surface area (Å²) in [4.78, 5) is 2.75. The molecule has 0 bridgehead atoms. The van der Waals surface area contributed by atoms with Crippen LogP contribution in [0, 0.1) is 0 Å². The summed E-state index contributed by atoms with van der Waals surface area (Å²) in [5.41, 5.74) is 2.71. The minimum absolute atomic E-state index is 0.228. The maximum atomic E-state index is 3.88. The lowest BCUT2D eigenvalue weighted by Gasteiger charge is -2.15. The van der Waals surface area contributed by atoms with Gasteiger partial charge in [0.25, 0.3) is 0 Å². The van der Waals surface area contributed by atoms with Crippen LogP contribution in [0.15, 0.2) is 43.0 Å². The quantitative estimate of drug-likeness (QED) is 0.665. The smallest absolute Gasteiger partial charge is 0.0351 e. The molecule has 0 nitrogen and oxygen atoms in total. The van der Waals surface area contributed by atoms with Crippen LogP contribution < -0.4 is 0 Å². The van der Waals surface area contributed by atoms with E-state index in [0.717, 1.165) is 0 Å². The first kappa shape index (κ1) is 12.1. The van der Waals surface area contributed by atoms with Crippen molar-refractivity contribution < 1.29 is 0 Å². The third-order valence-electron chi connectivity index (χ3n) is 2.79. The van der Waals surface area contributed by atoms with Crippen molar-refractivity contribution >= 4 is 17.4 Å². The fraction of sp³-hybridized carbons (Fsp3) is 0.250. The first-order valence-corrected chi connectivity index (χ1v) is 6.66. The maximum absolute atomic E-state index is 3.88. The van der Waals surface area contributed by atoms with Crippen LogP contribution in [0.5, 0.6) is 0 Å². The Bertz CT molecular complexity index is 526. The molecule has 17 heavy (non-hydrogen) atoms. The second-order valence-electron chi connectivity index (χ2n) is 5.21.